The maximum atomic E-state index is 13.9. The molecule has 1 saturated heterocycles. The monoisotopic (exact) mass is 423 g/mol. The van der Waals surface area contributed by atoms with E-state index in [1.165, 1.54) is 6.07 Å². The molecule has 30 heavy (non-hydrogen) atoms. The first-order valence-corrected chi connectivity index (χ1v) is 9.87. The van der Waals surface area contributed by atoms with E-state index in [-0.39, 0.29) is 12.2 Å². The lowest BCUT2D eigenvalue weighted by atomic mass is 9.86. The highest BCUT2D eigenvalue weighted by atomic mass is 19.2. The maximum Gasteiger partial charge on any atom is 0.238 e. The van der Waals surface area contributed by atoms with Crippen molar-refractivity contribution >= 4 is 11.6 Å². The molecule has 2 N–H and O–H groups in total. The van der Waals surface area contributed by atoms with Crippen molar-refractivity contribution in [1.29, 1.82) is 0 Å². The van der Waals surface area contributed by atoms with Crippen molar-refractivity contribution in [2.24, 2.45) is 0 Å². The van der Waals surface area contributed by atoms with Crippen molar-refractivity contribution in [1.82, 2.24) is 10.2 Å². The van der Waals surface area contributed by atoms with Gasteiger partial charge in [-0.15, -0.1) is 0 Å². The van der Waals surface area contributed by atoms with Crippen LogP contribution in [0.15, 0.2) is 36.4 Å². The van der Waals surface area contributed by atoms with Crippen LogP contribution in [-0.2, 0) is 4.79 Å². The fourth-order valence-electron chi connectivity index (χ4n) is 3.93. The molecular formula is C22H25F4N3O. The Labute approximate surface area is 173 Å². The Kier molecular flexibility index (Phi) is 6.77. The average Bonchev–Trinajstić information content (AvgIpc) is 3.23. The van der Waals surface area contributed by atoms with Gasteiger partial charge >= 0.3 is 0 Å². The van der Waals surface area contributed by atoms with E-state index >= 15 is 0 Å². The minimum atomic E-state index is -0.970. The molecule has 2 aromatic carbocycles. The molecule has 0 spiro atoms. The minimum Gasteiger partial charge on any atom is -0.322 e. The lowest BCUT2D eigenvalue weighted by Crippen LogP contribution is -2.52. The van der Waals surface area contributed by atoms with Crippen molar-refractivity contribution in [3.63, 3.8) is 0 Å². The lowest BCUT2D eigenvalue weighted by Gasteiger charge is -2.43. The van der Waals surface area contributed by atoms with Crippen LogP contribution >= 0.6 is 0 Å². The average molecular weight is 423 g/mol. The van der Waals surface area contributed by atoms with Gasteiger partial charge in [0.05, 0.1) is 18.3 Å². The molecule has 1 amide bonds. The Hall–Kier alpha value is -2.45. The van der Waals surface area contributed by atoms with Crippen LogP contribution in [-0.4, -0.2) is 36.0 Å². The fourth-order valence-corrected chi connectivity index (χ4v) is 3.93. The van der Waals surface area contributed by atoms with Gasteiger partial charge in [-0.05, 0) is 69.6 Å². The number of likely N-dealkylation sites (tertiary alicyclic amines) is 1. The highest BCUT2D eigenvalue weighted by molar-refractivity contribution is 5.92. The van der Waals surface area contributed by atoms with E-state index in [1.807, 2.05) is 13.8 Å². The van der Waals surface area contributed by atoms with Crippen LogP contribution < -0.4 is 10.6 Å². The number of benzene rings is 2. The number of nitrogens with one attached hydrogen (secondary N) is 2. The molecule has 8 heteroatoms. The number of nitrogens with zero attached hydrogens (tertiary/aromatic N) is 1. The predicted molar refractivity (Wildman–Crippen MR) is 107 cm³/mol. The summed E-state index contributed by atoms with van der Waals surface area (Å²) in [6.45, 7) is 5.44. The van der Waals surface area contributed by atoms with Gasteiger partial charge in [0.15, 0.2) is 11.6 Å². The normalized spacial score (nSPS) is 15.9. The number of rotatable bonds is 7. The fraction of sp³-hybridized carbons (Fsp3) is 0.409. The molecule has 162 valence electrons. The summed E-state index contributed by atoms with van der Waals surface area (Å²) in [5, 5.41) is 5.43. The maximum absolute atomic E-state index is 13.9. The van der Waals surface area contributed by atoms with Crippen molar-refractivity contribution in [3.8, 4) is 0 Å². The second kappa shape index (κ2) is 9.14. The van der Waals surface area contributed by atoms with Gasteiger partial charge in [0, 0.05) is 11.6 Å². The number of carbonyl (C=O) groups is 1. The van der Waals surface area contributed by atoms with E-state index in [0.29, 0.717) is 5.56 Å². The van der Waals surface area contributed by atoms with E-state index < -0.39 is 40.8 Å². The standard InChI is InChI=1S/C22H25F4N3O/c1-22(2,29-9-3-4-10-29)21(14-5-7-16(24)18(26)11-14)27-13-20(30)28-19-12-15(23)6-8-17(19)25/h5-8,11-12,21,27H,3-4,9-10,13H2,1-2H3,(H,28,30). The van der Waals surface area contributed by atoms with Crippen molar-refractivity contribution in [2.75, 3.05) is 25.0 Å². The predicted octanol–water partition coefficient (Wildman–Crippen LogP) is 4.39. The van der Waals surface area contributed by atoms with Gasteiger partial charge in [-0.2, -0.15) is 0 Å². The molecule has 1 heterocycles. The quantitative estimate of drug-likeness (QED) is 0.650. The minimum absolute atomic E-state index is 0.225. The molecule has 0 radical (unpaired) electrons. The van der Waals surface area contributed by atoms with Gasteiger partial charge in [-0.3, -0.25) is 15.0 Å². The number of halogens is 4. The van der Waals surface area contributed by atoms with Crippen LogP contribution in [0.4, 0.5) is 23.2 Å². The molecule has 0 aliphatic carbocycles. The lowest BCUT2D eigenvalue weighted by molar-refractivity contribution is -0.115. The number of hydrogen-bond acceptors (Lipinski definition) is 3. The summed E-state index contributed by atoms with van der Waals surface area (Å²) in [7, 11) is 0. The molecule has 2 aromatic rings. The molecule has 0 bridgehead atoms. The van der Waals surface area contributed by atoms with E-state index in [1.54, 1.807) is 0 Å². The van der Waals surface area contributed by atoms with Gasteiger partial charge in [-0.1, -0.05) is 6.07 Å². The Bertz CT molecular complexity index is 913. The molecule has 4 nitrogen and oxygen atoms in total. The molecule has 3 rings (SSSR count). The van der Waals surface area contributed by atoms with E-state index in [4.69, 9.17) is 0 Å². The molecule has 1 fully saturated rings. The summed E-state index contributed by atoms with van der Waals surface area (Å²) in [4.78, 5) is 14.6. The third-order valence-corrected chi connectivity index (χ3v) is 5.57. The molecule has 1 aliphatic heterocycles. The van der Waals surface area contributed by atoms with Crippen molar-refractivity contribution in [3.05, 3.63) is 65.2 Å². The van der Waals surface area contributed by atoms with Crippen LogP contribution in [0.2, 0.25) is 0 Å². The summed E-state index contributed by atoms with van der Waals surface area (Å²) >= 11 is 0. The smallest absolute Gasteiger partial charge is 0.238 e. The van der Waals surface area contributed by atoms with E-state index in [2.05, 4.69) is 15.5 Å². The first-order valence-electron chi connectivity index (χ1n) is 9.87. The van der Waals surface area contributed by atoms with Crippen molar-refractivity contribution in [2.45, 2.75) is 38.3 Å². The largest absolute Gasteiger partial charge is 0.322 e. The van der Waals surface area contributed by atoms with Gasteiger partial charge in [0.2, 0.25) is 5.91 Å². The number of amides is 1. The van der Waals surface area contributed by atoms with Crippen LogP contribution in [0.25, 0.3) is 0 Å². The van der Waals surface area contributed by atoms with Crippen molar-refractivity contribution < 1.29 is 22.4 Å². The highest BCUT2D eigenvalue weighted by Crippen LogP contribution is 2.34. The van der Waals surface area contributed by atoms with Crippen LogP contribution in [0.3, 0.4) is 0 Å². The summed E-state index contributed by atoms with van der Waals surface area (Å²) < 4.78 is 54.5. The highest BCUT2D eigenvalue weighted by Gasteiger charge is 2.38. The third kappa shape index (κ3) is 4.99. The molecule has 1 atom stereocenters. The summed E-state index contributed by atoms with van der Waals surface area (Å²) in [6.07, 6.45) is 2.07. The topological polar surface area (TPSA) is 44.4 Å². The zero-order valence-electron chi connectivity index (χ0n) is 16.9. The number of carbonyl (C=O) groups excluding carboxylic acids is 1. The van der Waals surface area contributed by atoms with Gasteiger partial charge < -0.3 is 5.32 Å². The van der Waals surface area contributed by atoms with Crippen LogP contribution in [0.5, 0.6) is 0 Å². The van der Waals surface area contributed by atoms with Crippen LogP contribution in [0.1, 0.15) is 38.3 Å². The zero-order valence-corrected chi connectivity index (χ0v) is 16.9. The molecule has 1 unspecified atom stereocenters. The number of hydrogen-bond donors (Lipinski definition) is 2. The Morgan fingerprint density at radius 2 is 1.67 bits per heavy atom. The van der Waals surface area contributed by atoms with Gasteiger partial charge in [-0.25, -0.2) is 17.6 Å². The Balaban J connectivity index is 1.79. The molecule has 1 aliphatic rings. The molecule has 0 saturated carbocycles. The Morgan fingerprint density at radius 3 is 2.33 bits per heavy atom. The second-order valence-electron chi connectivity index (χ2n) is 8.01. The second-order valence-corrected chi connectivity index (χ2v) is 8.01. The molecular weight excluding hydrogens is 398 g/mol. The van der Waals surface area contributed by atoms with Crippen LogP contribution in [0, 0.1) is 23.3 Å². The first-order chi connectivity index (χ1) is 14.2. The SMILES string of the molecule is CC(C)(C(NCC(=O)Nc1cc(F)ccc1F)c1ccc(F)c(F)c1)N1CCCC1. The first kappa shape index (κ1) is 22.2. The zero-order chi connectivity index (χ0) is 21.9. The third-order valence-electron chi connectivity index (χ3n) is 5.57. The Morgan fingerprint density at radius 1 is 1.00 bits per heavy atom. The molecule has 0 aromatic heterocycles. The van der Waals surface area contributed by atoms with Gasteiger partial charge in [0.1, 0.15) is 11.6 Å². The van der Waals surface area contributed by atoms with E-state index in [9.17, 15) is 22.4 Å². The summed E-state index contributed by atoms with van der Waals surface area (Å²) in [6, 6.07) is 5.94. The summed E-state index contributed by atoms with van der Waals surface area (Å²) in [5.74, 6) is -3.92. The van der Waals surface area contributed by atoms with E-state index in [0.717, 1.165) is 56.3 Å². The van der Waals surface area contributed by atoms with Gasteiger partial charge in [0.25, 0.3) is 0 Å². The number of anilines is 1. The summed E-state index contributed by atoms with van der Waals surface area (Å²) in [5.41, 5.74) is -0.272.